The van der Waals surface area contributed by atoms with Crippen LogP contribution in [0.4, 0.5) is 0 Å². The third-order valence-corrected chi connectivity index (χ3v) is 4.76. The van der Waals surface area contributed by atoms with E-state index in [1.807, 2.05) is 0 Å². The van der Waals surface area contributed by atoms with Crippen LogP contribution < -0.4 is 10.5 Å². The van der Waals surface area contributed by atoms with Crippen LogP contribution >= 0.6 is 0 Å². The largest absolute Gasteiger partial charge is 0.464 e. The fourth-order valence-electron chi connectivity index (χ4n) is 1.97. The highest BCUT2D eigenvalue weighted by Crippen LogP contribution is 2.33. The zero-order valence-electron chi connectivity index (χ0n) is 10.6. The van der Waals surface area contributed by atoms with Gasteiger partial charge in [0.25, 0.3) is 0 Å². The van der Waals surface area contributed by atoms with Gasteiger partial charge in [0.15, 0.2) is 0 Å². The second-order valence-corrected chi connectivity index (χ2v) is 6.56. The Morgan fingerprint density at radius 3 is 2.78 bits per heavy atom. The Labute approximate surface area is 108 Å². The van der Waals surface area contributed by atoms with Gasteiger partial charge in [-0.05, 0) is 25.7 Å². The van der Waals surface area contributed by atoms with Crippen molar-refractivity contribution in [1.29, 1.82) is 0 Å². The van der Waals surface area contributed by atoms with E-state index in [2.05, 4.69) is 4.72 Å². The van der Waals surface area contributed by atoms with E-state index in [1.54, 1.807) is 6.92 Å². The van der Waals surface area contributed by atoms with Crippen LogP contribution in [0.3, 0.4) is 0 Å². The lowest BCUT2D eigenvalue weighted by atomic mass is 10.2. The Balaban J connectivity index is 1.93. The Morgan fingerprint density at radius 1 is 1.50 bits per heavy atom. The molecule has 3 N–H and O–H groups in total. The van der Waals surface area contributed by atoms with E-state index in [4.69, 9.17) is 10.2 Å². The van der Waals surface area contributed by atoms with Crippen molar-refractivity contribution in [2.24, 2.45) is 11.7 Å². The first kappa shape index (κ1) is 13.6. The number of hydrogen-bond donors (Lipinski definition) is 2. The maximum absolute atomic E-state index is 12.0. The second kappa shape index (κ2) is 5.42. The summed E-state index contributed by atoms with van der Waals surface area (Å²) in [6.45, 7) is 2.33. The smallest absolute Gasteiger partial charge is 0.244 e. The van der Waals surface area contributed by atoms with Gasteiger partial charge < -0.3 is 10.2 Å². The summed E-state index contributed by atoms with van der Waals surface area (Å²) < 4.78 is 31.9. The summed E-state index contributed by atoms with van der Waals surface area (Å²) in [5.74, 6) is 1.71. The van der Waals surface area contributed by atoms with Crippen molar-refractivity contribution >= 4 is 10.0 Å². The molecule has 1 fully saturated rings. The first-order valence-electron chi connectivity index (χ1n) is 6.32. The Kier molecular flexibility index (Phi) is 4.09. The Hall–Kier alpha value is -0.850. The lowest BCUT2D eigenvalue weighted by Gasteiger charge is -2.04. The molecule has 1 saturated carbocycles. The summed E-state index contributed by atoms with van der Waals surface area (Å²) in [6.07, 6.45) is 4.60. The van der Waals surface area contributed by atoms with Gasteiger partial charge in [-0.3, -0.25) is 0 Å². The van der Waals surface area contributed by atoms with Crippen LogP contribution in [0.15, 0.2) is 15.4 Å². The molecule has 1 aromatic heterocycles. The molecule has 1 heterocycles. The lowest BCUT2D eigenvalue weighted by Crippen LogP contribution is -2.25. The molecule has 0 saturated heterocycles. The van der Waals surface area contributed by atoms with Gasteiger partial charge in [-0.1, -0.05) is 12.8 Å². The topological polar surface area (TPSA) is 85.3 Å². The van der Waals surface area contributed by atoms with Crippen molar-refractivity contribution in [1.82, 2.24) is 4.72 Å². The van der Waals surface area contributed by atoms with E-state index in [1.165, 1.54) is 18.9 Å². The first-order chi connectivity index (χ1) is 8.53. The van der Waals surface area contributed by atoms with E-state index in [9.17, 15) is 8.42 Å². The lowest BCUT2D eigenvalue weighted by molar-refractivity contribution is 0.478. The van der Waals surface area contributed by atoms with Crippen LogP contribution in [0.1, 0.15) is 37.2 Å². The van der Waals surface area contributed by atoms with Crippen LogP contribution in [0.2, 0.25) is 0 Å². The number of hydrogen-bond acceptors (Lipinski definition) is 4. The number of sulfonamides is 1. The molecule has 1 aliphatic rings. The molecule has 6 heteroatoms. The summed E-state index contributed by atoms with van der Waals surface area (Å²) in [6, 6.07) is 1.50. The van der Waals surface area contributed by atoms with Gasteiger partial charge in [-0.15, -0.1) is 0 Å². The van der Waals surface area contributed by atoms with Gasteiger partial charge in [0.2, 0.25) is 10.0 Å². The predicted molar refractivity (Wildman–Crippen MR) is 68.5 cm³/mol. The van der Waals surface area contributed by atoms with Crippen molar-refractivity contribution in [3.05, 3.63) is 17.6 Å². The third kappa shape index (κ3) is 3.34. The van der Waals surface area contributed by atoms with Gasteiger partial charge in [0.1, 0.15) is 16.4 Å². The summed E-state index contributed by atoms with van der Waals surface area (Å²) in [7, 11) is -3.46. The number of aryl methyl sites for hydroxylation is 1. The summed E-state index contributed by atoms with van der Waals surface area (Å²) in [4.78, 5) is 0.203. The fraction of sp³-hybridized carbons (Fsp3) is 0.667. The second-order valence-electron chi connectivity index (χ2n) is 4.82. The minimum absolute atomic E-state index is 0.203. The minimum Gasteiger partial charge on any atom is -0.464 e. The molecular formula is C12H20N2O3S. The number of furan rings is 1. The average Bonchev–Trinajstić information content (AvgIpc) is 3.06. The molecule has 0 spiro atoms. The van der Waals surface area contributed by atoms with E-state index in [-0.39, 0.29) is 11.4 Å². The zero-order chi connectivity index (χ0) is 13.2. The van der Waals surface area contributed by atoms with Crippen LogP contribution in [-0.4, -0.2) is 15.0 Å². The normalized spacial score (nSPS) is 16.1. The predicted octanol–water partition coefficient (Wildman–Crippen LogP) is 1.52. The highest BCUT2D eigenvalue weighted by Gasteiger charge is 2.22. The maximum Gasteiger partial charge on any atom is 0.244 e. The molecule has 18 heavy (non-hydrogen) atoms. The average molecular weight is 272 g/mol. The molecule has 0 atom stereocenters. The van der Waals surface area contributed by atoms with Gasteiger partial charge in [0, 0.05) is 12.6 Å². The van der Waals surface area contributed by atoms with Crippen LogP contribution in [0.5, 0.6) is 0 Å². The Morgan fingerprint density at radius 2 is 2.22 bits per heavy atom. The molecule has 0 radical (unpaired) electrons. The molecule has 0 unspecified atom stereocenters. The molecule has 2 rings (SSSR count). The fourth-order valence-corrected chi connectivity index (χ4v) is 3.25. The third-order valence-electron chi connectivity index (χ3n) is 3.19. The van der Waals surface area contributed by atoms with Crippen molar-refractivity contribution in [3.8, 4) is 0 Å². The standard InChI is InChI=1S/C12H20N2O3S/c1-9-12(7-11(8-13)17-9)18(15,16)14-6-2-3-10-4-5-10/h7,10,14H,2-6,8,13H2,1H3. The Bertz CT molecular complexity index is 503. The van der Waals surface area contributed by atoms with Gasteiger partial charge >= 0.3 is 0 Å². The minimum atomic E-state index is -3.46. The quantitative estimate of drug-likeness (QED) is 0.737. The molecule has 0 aliphatic heterocycles. The number of nitrogens with two attached hydrogens (primary N) is 1. The molecule has 102 valence electrons. The van der Waals surface area contributed by atoms with Crippen LogP contribution in [-0.2, 0) is 16.6 Å². The molecule has 1 aromatic rings. The van der Waals surface area contributed by atoms with E-state index in [0.29, 0.717) is 18.1 Å². The van der Waals surface area contributed by atoms with Crippen molar-refractivity contribution in [2.45, 2.75) is 44.0 Å². The molecular weight excluding hydrogens is 252 g/mol. The SMILES string of the molecule is Cc1oc(CN)cc1S(=O)(=O)NCCCC1CC1. The van der Waals surface area contributed by atoms with E-state index < -0.39 is 10.0 Å². The molecule has 0 aromatic carbocycles. The number of rotatable bonds is 7. The molecule has 0 amide bonds. The summed E-state index contributed by atoms with van der Waals surface area (Å²) >= 11 is 0. The maximum atomic E-state index is 12.0. The van der Waals surface area contributed by atoms with Gasteiger partial charge in [0.05, 0.1) is 6.54 Å². The van der Waals surface area contributed by atoms with Gasteiger partial charge in [-0.2, -0.15) is 0 Å². The molecule has 1 aliphatic carbocycles. The molecule has 5 nitrogen and oxygen atoms in total. The highest BCUT2D eigenvalue weighted by molar-refractivity contribution is 7.89. The summed E-state index contributed by atoms with van der Waals surface area (Å²) in [5, 5.41) is 0. The van der Waals surface area contributed by atoms with Gasteiger partial charge in [-0.25, -0.2) is 13.1 Å². The zero-order valence-corrected chi connectivity index (χ0v) is 11.4. The first-order valence-corrected chi connectivity index (χ1v) is 7.80. The summed E-state index contributed by atoms with van der Waals surface area (Å²) in [5.41, 5.74) is 5.43. The van der Waals surface area contributed by atoms with Crippen LogP contribution in [0.25, 0.3) is 0 Å². The van der Waals surface area contributed by atoms with Crippen molar-refractivity contribution < 1.29 is 12.8 Å². The van der Waals surface area contributed by atoms with E-state index >= 15 is 0 Å². The van der Waals surface area contributed by atoms with E-state index in [0.717, 1.165) is 18.8 Å². The monoisotopic (exact) mass is 272 g/mol. The van der Waals surface area contributed by atoms with Crippen LogP contribution in [0, 0.1) is 12.8 Å². The van der Waals surface area contributed by atoms with Crippen molar-refractivity contribution in [2.75, 3.05) is 6.54 Å². The van der Waals surface area contributed by atoms with Crippen molar-refractivity contribution in [3.63, 3.8) is 0 Å². The highest BCUT2D eigenvalue weighted by atomic mass is 32.2. The molecule has 0 bridgehead atoms. The number of nitrogens with one attached hydrogen (secondary N) is 1.